The molecule has 0 saturated carbocycles. The topological polar surface area (TPSA) is 73.7 Å². The number of carboxylic acid groups (broad SMARTS) is 1. The third-order valence-corrected chi connectivity index (χ3v) is 5.54. The zero-order valence-electron chi connectivity index (χ0n) is 11.8. The molecule has 2 N–H and O–H groups in total. The molecule has 1 aromatic rings. The second-order valence-corrected chi connectivity index (χ2v) is 7.99. The van der Waals surface area contributed by atoms with Gasteiger partial charge in [-0.3, -0.25) is 0 Å². The van der Waals surface area contributed by atoms with E-state index in [-0.39, 0.29) is 11.5 Å². The highest BCUT2D eigenvalue weighted by Crippen LogP contribution is 2.42. The van der Waals surface area contributed by atoms with Crippen LogP contribution < -0.4 is 0 Å². The van der Waals surface area contributed by atoms with Crippen molar-refractivity contribution in [1.29, 1.82) is 0 Å². The number of thiazole rings is 1. The van der Waals surface area contributed by atoms with Crippen LogP contribution in [0.15, 0.2) is 9.98 Å². The van der Waals surface area contributed by atoms with Gasteiger partial charge in [0.2, 0.25) is 0 Å². The Morgan fingerprint density at radius 1 is 1.60 bits per heavy atom. The number of nitrogens with zero attached hydrogens (tertiary/aromatic N) is 2. The van der Waals surface area contributed by atoms with Gasteiger partial charge in [-0.05, 0) is 21.3 Å². The van der Waals surface area contributed by atoms with Crippen molar-refractivity contribution in [3.8, 4) is 0 Å². The van der Waals surface area contributed by atoms with Crippen molar-refractivity contribution < 1.29 is 15.0 Å². The normalized spacial score (nSPS) is 27.6. The van der Waals surface area contributed by atoms with Gasteiger partial charge in [0, 0.05) is 30.8 Å². The lowest BCUT2D eigenvalue weighted by Crippen LogP contribution is -2.55. The van der Waals surface area contributed by atoms with E-state index in [1.165, 1.54) is 16.2 Å². The molecule has 1 amide bonds. The molecule has 2 heterocycles. The van der Waals surface area contributed by atoms with Gasteiger partial charge in [0.1, 0.15) is 15.2 Å². The largest absolute Gasteiger partial charge is 0.465 e. The fraction of sp³-hybridized carbons (Fsp3) is 0.692. The number of likely N-dealkylation sites (tertiary alicyclic amines) is 1. The Labute approximate surface area is 130 Å². The summed E-state index contributed by atoms with van der Waals surface area (Å²) in [7, 11) is 0. The summed E-state index contributed by atoms with van der Waals surface area (Å²) in [5.74, 6) is 0. The van der Waals surface area contributed by atoms with E-state index >= 15 is 0 Å². The molecule has 0 aliphatic carbocycles. The van der Waals surface area contributed by atoms with E-state index in [0.717, 1.165) is 0 Å². The number of piperidine rings is 1. The van der Waals surface area contributed by atoms with Crippen molar-refractivity contribution in [2.45, 2.75) is 45.3 Å². The second-order valence-electron chi connectivity index (χ2n) is 6.32. The van der Waals surface area contributed by atoms with E-state index in [0.29, 0.717) is 29.0 Å². The van der Waals surface area contributed by atoms with Gasteiger partial charge in [0.25, 0.3) is 0 Å². The minimum absolute atomic E-state index is 0.235. The molecule has 7 heteroatoms. The predicted octanol–water partition coefficient (Wildman–Crippen LogP) is 3.28. The first-order chi connectivity index (χ1) is 9.13. The summed E-state index contributed by atoms with van der Waals surface area (Å²) in [6.07, 6.45) is -0.165. The van der Waals surface area contributed by atoms with Gasteiger partial charge in [-0.2, -0.15) is 0 Å². The lowest BCUT2D eigenvalue weighted by molar-refractivity contribution is -0.0688. The van der Waals surface area contributed by atoms with Crippen LogP contribution in [0.5, 0.6) is 0 Å². The monoisotopic (exact) mass is 362 g/mol. The first kappa shape index (κ1) is 15.7. The van der Waals surface area contributed by atoms with E-state index < -0.39 is 11.7 Å². The Morgan fingerprint density at radius 2 is 2.25 bits per heavy atom. The van der Waals surface area contributed by atoms with Crippen molar-refractivity contribution in [2.24, 2.45) is 5.41 Å². The maximum atomic E-state index is 11.4. The summed E-state index contributed by atoms with van der Waals surface area (Å²) >= 11 is 4.70. The molecule has 0 radical (unpaired) electrons. The number of aliphatic hydroxyl groups is 1. The number of halogens is 1. The van der Waals surface area contributed by atoms with Crippen molar-refractivity contribution in [3.63, 3.8) is 0 Å². The van der Waals surface area contributed by atoms with Crippen LogP contribution in [0, 0.1) is 5.41 Å². The maximum absolute atomic E-state index is 11.4. The molecule has 20 heavy (non-hydrogen) atoms. The van der Waals surface area contributed by atoms with E-state index in [1.807, 2.05) is 26.2 Å². The van der Waals surface area contributed by atoms with E-state index in [4.69, 9.17) is 0 Å². The third kappa shape index (κ3) is 2.99. The van der Waals surface area contributed by atoms with Gasteiger partial charge in [-0.1, -0.05) is 20.8 Å². The molecule has 1 fully saturated rings. The van der Waals surface area contributed by atoms with Crippen LogP contribution in [0.4, 0.5) is 4.79 Å². The summed E-state index contributed by atoms with van der Waals surface area (Å²) in [5, 5.41) is 22.7. The van der Waals surface area contributed by atoms with Crippen LogP contribution in [-0.4, -0.2) is 38.8 Å². The molecule has 1 aromatic heterocycles. The van der Waals surface area contributed by atoms with E-state index in [2.05, 4.69) is 20.9 Å². The molecule has 112 valence electrons. The number of amides is 1. The minimum Gasteiger partial charge on any atom is -0.465 e. The van der Waals surface area contributed by atoms with Gasteiger partial charge in [-0.15, -0.1) is 11.3 Å². The predicted molar refractivity (Wildman–Crippen MR) is 80.9 cm³/mol. The number of rotatable bonds is 1. The highest BCUT2D eigenvalue weighted by Gasteiger charge is 2.47. The summed E-state index contributed by atoms with van der Waals surface area (Å²) in [4.78, 5) is 17.1. The Balaban J connectivity index is 2.31. The molecule has 2 atom stereocenters. The number of hydrogen-bond donors (Lipinski definition) is 2. The van der Waals surface area contributed by atoms with Crippen LogP contribution in [0.25, 0.3) is 0 Å². The average Bonchev–Trinajstić information content (AvgIpc) is 2.75. The molecular formula is C13H19BrN2O3S. The van der Waals surface area contributed by atoms with Crippen molar-refractivity contribution in [3.05, 3.63) is 15.0 Å². The summed E-state index contributed by atoms with van der Waals surface area (Å²) in [6.45, 7) is 6.32. The molecule has 1 saturated heterocycles. The second kappa shape index (κ2) is 5.27. The van der Waals surface area contributed by atoms with Crippen LogP contribution in [0.1, 0.15) is 38.6 Å². The summed E-state index contributed by atoms with van der Waals surface area (Å²) < 4.78 is 0.707. The van der Waals surface area contributed by atoms with E-state index in [1.54, 1.807) is 0 Å². The van der Waals surface area contributed by atoms with Gasteiger partial charge in [-0.25, -0.2) is 9.78 Å². The zero-order valence-corrected chi connectivity index (χ0v) is 14.2. The lowest BCUT2D eigenvalue weighted by atomic mass is 9.75. The molecule has 5 nitrogen and oxygen atoms in total. The fourth-order valence-electron chi connectivity index (χ4n) is 2.66. The summed E-state index contributed by atoms with van der Waals surface area (Å²) in [5.41, 5.74) is -1.28. The van der Waals surface area contributed by atoms with Crippen LogP contribution in [0.3, 0.4) is 0 Å². The number of aromatic nitrogens is 1. The van der Waals surface area contributed by atoms with Gasteiger partial charge in [0.15, 0.2) is 0 Å². The molecule has 0 aromatic carbocycles. The lowest BCUT2D eigenvalue weighted by Gasteiger charge is -2.47. The molecular weight excluding hydrogens is 344 g/mol. The molecule has 2 rings (SSSR count). The first-order valence-corrected chi connectivity index (χ1v) is 8.14. The SMILES string of the molecule is CC(C)(C)C1CC(O)(c2nc(Br)cs2)CCN1C(=O)O. The Morgan fingerprint density at radius 3 is 2.70 bits per heavy atom. The zero-order chi connectivity index (χ0) is 15.1. The van der Waals surface area contributed by atoms with Crippen LogP contribution in [-0.2, 0) is 5.60 Å². The average molecular weight is 363 g/mol. The fourth-order valence-corrected chi connectivity index (χ4v) is 4.05. The Kier molecular flexibility index (Phi) is 4.15. The Bertz CT molecular complexity index is 514. The minimum atomic E-state index is -1.04. The molecule has 0 spiro atoms. The number of hydrogen-bond acceptors (Lipinski definition) is 4. The van der Waals surface area contributed by atoms with Gasteiger partial charge in [0.05, 0.1) is 0 Å². The van der Waals surface area contributed by atoms with Gasteiger partial charge < -0.3 is 15.1 Å². The molecule has 1 aliphatic heterocycles. The molecule has 1 aliphatic rings. The quantitative estimate of drug-likeness (QED) is 0.803. The third-order valence-electron chi connectivity index (χ3n) is 3.79. The molecule has 0 bridgehead atoms. The maximum Gasteiger partial charge on any atom is 0.407 e. The molecule has 2 unspecified atom stereocenters. The van der Waals surface area contributed by atoms with Crippen LogP contribution >= 0.6 is 27.3 Å². The first-order valence-electron chi connectivity index (χ1n) is 6.47. The Hall–Kier alpha value is -0.660. The summed E-state index contributed by atoms with van der Waals surface area (Å²) in [6, 6.07) is -0.235. The highest BCUT2D eigenvalue weighted by atomic mass is 79.9. The highest BCUT2D eigenvalue weighted by molar-refractivity contribution is 9.10. The van der Waals surface area contributed by atoms with E-state index in [9.17, 15) is 15.0 Å². The van der Waals surface area contributed by atoms with Crippen molar-refractivity contribution in [1.82, 2.24) is 9.88 Å². The van der Waals surface area contributed by atoms with Crippen molar-refractivity contribution >= 4 is 33.4 Å². The standard InChI is InChI=1S/C13H19BrN2O3S/c1-12(2,3)8-6-13(19,4-5-16(8)11(17)18)10-15-9(14)7-20-10/h7-8,19H,4-6H2,1-3H3,(H,17,18). The smallest absolute Gasteiger partial charge is 0.407 e. The number of carbonyl (C=O) groups is 1. The van der Waals surface area contributed by atoms with Crippen molar-refractivity contribution in [2.75, 3.05) is 6.54 Å². The van der Waals surface area contributed by atoms with Crippen LogP contribution in [0.2, 0.25) is 0 Å². The van der Waals surface area contributed by atoms with Gasteiger partial charge >= 0.3 is 6.09 Å².